The van der Waals surface area contributed by atoms with Gasteiger partial charge >= 0.3 is 0 Å². The molecule has 1 aliphatic carbocycles. The van der Waals surface area contributed by atoms with E-state index in [0.29, 0.717) is 11.5 Å². The number of nitrogens with one attached hydrogen (secondary N) is 1. The molecule has 0 radical (unpaired) electrons. The summed E-state index contributed by atoms with van der Waals surface area (Å²) in [5.74, 6) is 1.50. The van der Waals surface area contributed by atoms with Crippen molar-refractivity contribution < 1.29 is 14.3 Å². The van der Waals surface area contributed by atoms with Gasteiger partial charge in [-0.05, 0) is 49.1 Å². The number of hydrogen-bond donors (Lipinski definition) is 1. The van der Waals surface area contributed by atoms with Crippen molar-refractivity contribution in [3.05, 3.63) is 59.8 Å². The van der Waals surface area contributed by atoms with Gasteiger partial charge in [0.25, 0.3) is 0 Å². The lowest BCUT2D eigenvalue weighted by atomic mass is 9.89. The molecule has 3 aromatic rings. The summed E-state index contributed by atoms with van der Waals surface area (Å²) in [5, 5.41) is 5.48. The summed E-state index contributed by atoms with van der Waals surface area (Å²) in [6.07, 6.45) is 4.51. The lowest BCUT2D eigenvalue weighted by molar-refractivity contribution is -0.118. The number of aromatic nitrogens is 1. The summed E-state index contributed by atoms with van der Waals surface area (Å²) in [6, 6.07) is 13.8. The van der Waals surface area contributed by atoms with E-state index in [4.69, 9.17) is 9.47 Å². The molecule has 0 unspecified atom stereocenters. The molecular formula is C23H23N3O3S. The predicted octanol–water partition coefficient (Wildman–Crippen LogP) is 4.20. The van der Waals surface area contributed by atoms with Crippen molar-refractivity contribution in [3.8, 4) is 11.5 Å². The maximum atomic E-state index is 12.4. The zero-order chi connectivity index (χ0) is 20.9. The number of rotatable bonds is 6. The van der Waals surface area contributed by atoms with Crippen molar-refractivity contribution in [2.24, 2.45) is 5.10 Å². The van der Waals surface area contributed by atoms with Crippen LogP contribution >= 0.6 is 11.8 Å². The van der Waals surface area contributed by atoms with Crippen LogP contribution in [0.3, 0.4) is 0 Å². The van der Waals surface area contributed by atoms with Crippen molar-refractivity contribution >= 4 is 34.3 Å². The molecule has 4 rings (SSSR count). The molecule has 0 atom stereocenters. The molecule has 2 aromatic carbocycles. The van der Waals surface area contributed by atoms with Crippen molar-refractivity contribution in [3.63, 3.8) is 0 Å². The average Bonchev–Trinajstić information content (AvgIpc) is 2.80. The number of methoxy groups -OCH3 is 2. The molecule has 0 spiro atoms. The van der Waals surface area contributed by atoms with Crippen LogP contribution in [0.15, 0.2) is 58.7 Å². The zero-order valence-electron chi connectivity index (χ0n) is 17.0. The Morgan fingerprint density at radius 3 is 2.77 bits per heavy atom. The zero-order valence-corrected chi connectivity index (χ0v) is 17.8. The van der Waals surface area contributed by atoms with Crippen LogP contribution in [-0.2, 0) is 11.2 Å². The topological polar surface area (TPSA) is 72.8 Å². The lowest BCUT2D eigenvalue weighted by Gasteiger charge is -2.20. The molecule has 0 aliphatic heterocycles. The SMILES string of the molecule is COc1cc2c(cc1OC)/C(=N\NC(=O)CSc1cccc3cccnc13)CCC2. The molecule has 30 heavy (non-hydrogen) atoms. The van der Waals surface area contributed by atoms with Gasteiger partial charge in [-0.1, -0.05) is 18.2 Å². The van der Waals surface area contributed by atoms with Gasteiger partial charge in [0.1, 0.15) is 0 Å². The van der Waals surface area contributed by atoms with Crippen molar-refractivity contribution in [2.45, 2.75) is 24.2 Å². The van der Waals surface area contributed by atoms with Crippen molar-refractivity contribution in [2.75, 3.05) is 20.0 Å². The van der Waals surface area contributed by atoms with Gasteiger partial charge in [0.15, 0.2) is 11.5 Å². The summed E-state index contributed by atoms with van der Waals surface area (Å²) < 4.78 is 10.8. The molecular weight excluding hydrogens is 398 g/mol. The third-order valence-corrected chi connectivity index (χ3v) is 6.10. The number of pyridine rings is 1. The van der Waals surface area contributed by atoms with E-state index in [9.17, 15) is 4.79 Å². The Morgan fingerprint density at radius 2 is 1.93 bits per heavy atom. The molecule has 7 heteroatoms. The van der Waals surface area contributed by atoms with Crippen LogP contribution in [0.2, 0.25) is 0 Å². The summed E-state index contributed by atoms with van der Waals surface area (Å²) in [5.41, 5.74) is 6.65. The van der Waals surface area contributed by atoms with E-state index in [0.717, 1.165) is 51.9 Å². The highest BCUT2D eigenvalue weighted by Crippen LogP contribution is 2.34. The molecule has 154 valence electrons. The minimum Gasteiger partial charge on any atom is -0.493 e. The molecule has 0 fully saturated rings. The average molecular weight is 422 g/mol. The first-order valence-electron chi connectivity index (χ1n) is 9.77. The maximum absolute atomic E-state index is 12.4. The third kappa shape index (κ3) is 4.26. The number of hydrazone groups is 1. The van der Waals surface area contributed by atoms with Gasteiger partial charge in [-0.25, -0.2) is 5.43 Å². The fourth-order valence-corrected chi connectivity index (χ4v) is 4.42. The predicted molar refractivity (Wildman–Crippen MR) is 120 cm³/mol. The first-order chi connectivity index (χ1) is 14.7. The smallest absolute Gasteiger partial charge is 0.250 e. The second-order valence-electron chi connectivity index (χ2n) is 6.93. The van der Waals surface area contributed by atoms with Crippen LogP contribution in [0.5, 0.6) is 11.5 Å². The van der Waals surface area contributed by atoms with Gasteiger partial charge in [-0.3, -0.25) is 9.78 Å². The Kier molecular flexibility index (Phi) is 6.18. The van der Waals surface area contributed by atoms with Gasteiger partial charge in [-0.2, -0.15) is 5.10 Å². The summed E-state index contributed by atoms with van der Waals surface area (Å²) >= 11 is 1.46. The van der Waals surface area contributed by atoms with Gasteiger partial charge in [0, 0.05) is 22.0 Å². The molecule has 1 N–H and O–H groups in total. The number of aryl methyl sites for hydroxylation is 1. The molecule has 1 aromatic heterocycles. The molecule has 1 heterocycles. The van der Waals surface area contributed by atoms with E-state index in [2.05, 4.69) is 15.5 Å². The van der Waals surface area contributed by atoms with Crippen molar-refractivity contribution in [1.29, 1.82) is 0 Å². The molecule has 6 nitrogen and oxygen atoms in total. The quantitative estimate of drug-likeness (QED) is 0.477. The van der Waals surface area contributed by atoms with Gasteiger partial charge in [0.05, 0.1) is 31.2 Å². The lowest BCUT2D eigenvalue weighted by Crippen LogP contribution is -2.23. The number of amides is 1. The van der Waals surface area contributed by atoms with E-state index in [1.54, 1.807) is 20.4 Å². The Morgan fingerprint density at radius 1 is 1.13 bits per heavy atom. The van der Waals surface area contributed by atoms with E-state index in [1.165, 1.54) is 11.8 Å². The molecule has 1 amide bonds. The number of nitrogens with zero attached hydrogens (tertiary/aromatic N) is 2. The monoisotopic (exact) mass is 421 g/mol. The Balaban J connectivity index is 1.46. The first kappa shape index (κ1) is 20.2. The van der Waals surface area contributed by atoms with E-state index < -0.39 is 0 Å². The first-order valence-corrected chi connectivity index (χ1v) is 10.8. The summed E-state index contributed by atoms with van der Waals surface area (Å²) in [7, 11) is 3.25. The van der Waals surface area contributed by atoms with Crippen LogP contribution in [0.25, 0.3) is 10.9 Å². The van der Waals surface area contributed by atoms with E-state index in [-0.39, 0.29) is 11.7 Å². The van der Waals surface area contributed by atoms with E-state index in [1.807, 2.05) is 42.5 Å². The number of benzene rings is 2. The maximum Gasteiger partial charge on any atom is 0.250 e. The van der Waals surface area contributed by atoms with Crippen LogP contribution in [-0.4, -0.2) is 36.6 Å². The van der Waals surface area contributed by atoms with E-state index >= 15 is 0 Å². The Bertz CT molecular complexity index is 1110. The number of hydrogen-bond acceptors (Lipinski definition) is 6. The van der Waals surface area contributed by atoms with Gasteiger partial charge in [-0.15, -0.1) is 11.8 Å². The van der Waals surface area contributed by atoms with Crippen LogP contribution in [0, 0.1) is 0 Å². The van der Waals surface area contributed by atoms with Crippen molar-refractivity contribution in [1.82, 2.24) is 10.4 Å². The highest BCUT2D eigenvalue weighted by molar-refractivity contribution is 8.00. The number of para-hydroxylation sites is 1. The normalized spacial score (nSPS) is 14.4. The fraction of sp³-hybridized carbons (Fsp3) is 0.261. The highest BCUT2D eigenvalue weighted by atomic mass is 32.2. The van der Waals surface area contributed by atoms with Gasteiger partial charge in [0.2, 0.25) is 5.91 Å². The number of thioether (sulfide) groups is 1. The second-order valence-corrected chi connectivity index (χ2v) is 7.95. The van der Waals surface area contributed by atoms with Crippen LogP contribution in [0.4, 0.5) is 0 Å². The highest BCUT2D eigenvalue weighted by Gasteiger charge is 2.20. The third-order valence-electron chi connectivity index (χ3n) is 5.05. The number of ether oxygens (including phenoxy) is 2. The van der Waals surface area contributed by atoms with Gasteiger partial charge < -0.3 is 9.47 Å². The second kappa shape index (κ2) is 9.17. The largest absolute Gasteiger partial charge is 0.493 e. The molecule has 0 bridgehead atoms. The van der Waals surface area contributed by atoms with Crippen LogP contribution in [0.1, 0.15) is 24.0 Å². The summed E-state index contributed by atoms with van der Waals surface area (Å²) in [4.78, 5) is 17.8. The van der Waals surface area contributed by atoms with Crippen LogP contribution < -0.4 is 14.9 Å². The molecule has 0 saturated heterocycles. The minimum atomic E-state index is -0.145. The number of fused-ring (bicyclic) bond motifs is 2. The summed E-state index contributed by atoms with van der Waals surface area (Å²) in [6.45, 7) is 0. The fourth-order valence-electron chi connectivity index (χ4n) is 3.59. The standard InChI is InChI=1S/C23H23N3O3S/c1-28-19-12-16-7-3-9-18(17(16)13-20(19)29-2)25-26-22(27)14-30-21-10-4-6-15-8-5-11-24-23(15)21/h4-6,8,10-13H,3,7,9,14H2,1-2H3,(H,26,27)/b25-18-. The number of carbonyl (C=O) groups is 1. The molecule has 1 aliphatic rings. The number of carbonyl (C=O) groups excluding carboxylic acids is 1. The minimum absolute atomic E-state index is 0.145. The Hall–Kier alpha value is -3.06. The molecule has 0 saturated carbocycles. The Labute approximate surface area is 179 Å².